The number of carbonyl (C=O) groups is 1. The van der Waals surface area contributed by atoms with Crippen molar-refractivity contribution in [1.29, 1.82) is 0 Å². The van der Waals surface area contributed by atoms with Gasteiger partial charge in [0.1, 0.15) is 5.82 Å². The molecule has 2 N–H and O–H groups in total. The highest BCUT2D eigenvalue weighted by Gasteiger charge is 2.24. The van der Waals surface area contributed by atoms with E-state index in [4.69, 9.17) is 4.74 Å². The van der Waals surface area contributed by atoms with E-state index in [0.717, 1.165) is 50.8 Å². The lowest BCUT2D eigenvalue weighted by atomic mass is 10.2. The Morgan fingerprint density at radius 2 is 1.90 bits per heavy atom. The van der Waals surface area contributed by atoms with Gasteiger partial charge in [0.25, 0.3) is 0 Å². The number of rotatable bonds is 7. The monoisotopic (exact) mass is 443 g/mol. The van der Waals surface area contributed by atoms with E-state index >= 15 is 0 Å². The van der Waals surface area contributed by atoms with Crippen molar-refractivity contribution in [2.45, 2.75) is 38.3 Å². The number of amides is 2. The van der Waals surface area contributed by atoms with Crippen LogP contribution in [0, 0.1) is 0 Å². The topological polar surface area (TPSA) is 69.7 Å². The van der Waals surface area contributed by atoms with Gasteiger partial charge in [-0.3, -0.25) is 4.90 Å². The molecule has 1 atom stereocenters. The van der Waals surface area contributed by atoms with E-state index in [9.17, 15) is 4.79 Å². The second-order valence-corrected chi connectivity index (χ2v) is 9.15. The van der Waals surface area contributed by atoms with Gasteiger partial charge in [0, 0.05) is 50.3 Å². The number of thiophene rings is 1. The number of nitrogens with zero attached hydrogens (tertiary/aromatic N) is 3. The molecule has 2 aliphatic heterocycles. The van der Waals surface area contributed by atoms with Gasteiger partial charge in [-0.2, -0.15) is 0 Å². The van der Waals surface area contributed by atoms with Crippen molar-refractivity contribution < 1.29 is 9.53 Å². The van der Waals surface area contributed by atoms with Gasteiger partial charge in [-0.25, -0.2) is 9.78 Å². The van der Waals surface area contributed by atoms with E-state index in [0.29, 0.717) is 13.1 Å². The summed E-state index contributed by atoms with van der Waals surface area (Å²) in [5.41, 5.74) is 1.08. The van der Waals surface area contributed by atoms with Crippen molar-refractivity contribution in [3.63, 3.8) is 0 Å². The van der Waals surface area contributed by atoms with Crippen molar-refractivity contribution in [1.82, 2.24) is 20.5 Å². The van der Waals surface area contributed by atoms with Crippen LogP contribution in [0.2, 0.25) is 0 Å². The molecule has 0 bridgehead atoms. The second-order valence-electron chi connectivity index (χ2n) is 8.17. The third-order valence-electron chi connectivity index (χ3n) is 6.01. The summed E-state index contributed by atoms with van der Waals surface area (Å²) in [5, 5.41) is 8.17. The molecule has 2 aliphatic rings. The van der Waals surface area contributed by atoms with Gasteiger partial charge in [-0.1, -0.05) is 18.9 Å². The van der Waals surface area contributed by atoms with Crippen LogP contribution in [0.25, 0.3) is 0 Å². The van der Waals surface area contributed by atoms with Crippen molar-refractivity contribution in [2.24, 2.45) is 0 Å². The number of morpholine rings is 1. The smallest absolute Gasteiger partial charge is 0.315 e. The highest BCUT2D eigenvalue weighted by molar-refractivity contribution is 7.10. The number of pyridine rings is 1. The zero-order valence-electron chi connectivity index (χ0n) is 18.1. The van der Waals surface area contributed by atoms with Gasteiger partial charge < -0.3 is 20.3 Å². The SMILES string of the molecule is O=C(NCc1ccnc(N2CCCCCC2)c1)NCC(c1cccs1)N1CCOCC1. The fraction of sp³-hybridized carbons (Fsp3) is 0.565. The molecule has 8 heteroatoms. The fourth-order valence-electron chi connectivity index (χ4n) is 4.26. The average molecular weight is 444 g/mol. The molecule has 0 spiro atoms. The summed E-state index contributed by atoms with van der Waals surface area (Å²) in [7, 11) is 0. The van der Waals surface area contributed by atoms with Crippen molar-refractivity contribution >= 4 is 23.2 Å². The maximum atomic E-state index is 12.5. The zero-order valence-corrected chi connectivity index (χ0v) is 18.9. The Bertz CT molecular complexity index is 802. The third-order valence-corrected chi connectivity index (χ3v) is 6.98. The predicted molar refractivity (Wildman–Crippen MR) is 125 cm³/mol. The van der Waals surface area contributed by atoms with E-state index in [2.05, 4.69) is 49.0 Å². The van der Waals surface area contributed by atoms with E-state index in [-0.39, 0.29) is 12.1 Å². The molecule has 0 aromatic carbocycles. The molecule has 31 heavy (non-hydrogen) atoms. The molecule has 4 rings (SSSR count). The van der Waals surface area contributed by atoms with Gasteiger partial charge in [-0.15, -0.1) is 11.3 Å². The normalized spacial score (nSPS) is 18.9. The highest BCUT2D eigenvalue weighted by Crippen LogP contribution is 2.25. The first kappa shape index (κ1) is 22.0. The van der Waals surface area contributed by atoms with Crippen LogP contribution in [-0.2, 0) is 11.3 Å². The minimum atomic E-state index is -0.136. The van der Waals surface area contributed by atoms with Crippen LogP contribution in [0.3, 0.4) is 0 Å². The summed E-state index contributed by atoms with van der Waals surface area (Å²) in [5.74, 6) is 1.02. The molecule has 1 unspecified atom stereocenters. The number of hydrogen-bond donors (Lipinski definition) is 2. The molecule has 2 aromatic heterocycles. The van der Waals surface area contributed by atoms with Crippen LogP contribution in [-0.4, -0.2) is 61.9 Å². The lowest BCUT2D eigenvalue weighted by molar-refractivity contribution is 0.0174. The van der Waals surface area contributed by atoms with Crippen LogP contribution >= 0.6 is 11.3 Å². The highest BCUT2D eigenvalue weighted by atomic mass is 32.1. The molecule has 2 aromatic rings. The molecule has 2 amide bonds. The number of urea groups is 1. The lowest BCUT2D eigenvalue weighted by Gasteiger charge is -2.34. The number of ether oxygens (including phenoxy) is 1. The van der Waals surface area contributed by atoms with Crippen molar-refractivity contribution in [3.05, 3.63) is 46.3 Å². The number of anilines is 1. The van der Waals surface area contributed by atoms with Crippen LogP contribution in [0.4, 0.5) is 10.6 Å². The molecule has 7 nitrogen and oxygen atoms in total. The summed E-state index contributed by atoms with van der Waals surface area (Å²) >= 11 is 1.74. The maximum absolute atomic E-state index is 12.5. The minimum absolute atomic E-state index is 0.136. The van der Waals surface area contributed by atoms with Crippen molar-refractivity contribution in [3.8, 4) is 0 Å². The Balaban J connectivity index is 1.29. The number of carbonyl (C=O) groups excluding carboxylic acids is 1. The largest absolute Gasteiger partial charge is 0.379 e. The Morgan fingerprint density at radius 3 is 2.65 bits per heavy atom. The molecule has 4 heterocycles. The zero-order chi connectivity index (χ0) is 21.3. The first-order valence-corrected chi connectivity index (χ1v) is 12.2. The van der Waals surface area contributed by atoms with Crippen LogP contribution < -0.4 is 15.5 Å². The fourth-order valence-corrected chi connectivity index (χ4v) is 5.12. The van der Waals surface area contributed by atoms with E-state index in [1.165, 1.54) is 30.6 Å². The summed E-state index contributed by atoms with van der Waals surface area (Å²) in [6.45, 7) is 6.49. The molecular weight excluding hydrogens is 410 g/mol. The molecule has 168 valence electrons. The van der Waals surface area contributed by atoms with E-state index < -0.39 is 0 Å². The summed E-state index contributed by atoms with van der Waals surface area (Å²) in [6.07, 6.45) is 6.90. The minimum Gasteiger partial charge on any atom is -0.379 e. The second kappa shape index (κ2) is 11.5. The molecule has 0 aliphatic carbocycles. The third kappa shape index (κ3) is 6.41. The predicted octanol–water partition coefficient (Wildman–Crippen LogP) is 3.40. The first-order valence-electron chi connectivity index (χ1n) is 11.4. The maximum Gasteiger partial charge on any atom is 0.315 e. The molecule has 0 radical (unpaired) electrons. The number of nitrogens with one attached hydrogen (secondary N) is 2. The van der Waals surface area contributed by atoms with Gasteiger partial charge in [0.05, 0.1) is 19.3 Å². The van der Waals surface area contributed by atoms with E-state index in [1.807, 2.05) is 12.3 Å². The molecule has 2 saturated heterocycles. The first-order chi connectivity index (χ1) is 15.3. The van der Waals surface area contributed by atoms with Crippen LogP contribution in [0.1, 0.15) is 42.2 Å². The molecular formula is C23H33N5O2S. The van der Waals surface area contributed by atoms with Crippen LogP contribution in [0.5, 0.6) is 0 Å². The Kier molecular flexibility index (Phi) is 8.15. The van der Waals surface area contributed by atoms with E-state index in [1.54, 1.807) is 11.3 Å². The Labute approximate surface area is 188 Å². The van der Waals surface area contributed by atoms with Gasteiger partial charge >= 0.3 is 6.03 Å². The number of hydrogen-bond acceptors (Lipinski definition) is 6. The average Bonchev–Trinajstić information content (AvgIpc) is 3.20. The van der Waals surface area contributed by atoms with Gasteiger partial charge in [0.2, 0.25) is 0 Å². The Hall–Kier alpha value is -2.16. The standard InChI is InChI=1S/C23H33N5O2S/c29-23(26-18-20(21-6-5-15-31-21)27-11-13-30-14-12-27)25-17-19-7-8-24-22(16-19)28-9-3-1-2-4-10-28/h5-8,15-16,20H,1-4,9-14,17-18H2,(H2,25,26,29). The quantitative estimate of drug-likeness (QED) is 0.686. The van der Waals surface area contributed by atoms with Crippen molar-refractivity contribution in [2.75, 3.05) is 50.8 Å². The summed E-state index contributed by atoms with van der Waals surface area (Å²) in [6, 6.07) is 8.34. The van der Waals surface area contributed by atoms with Gasteiger partial charge in [0.15, 0.2) is 0 Å². The summed E-state index contributed by atoms with van der Waals surface area (Å²) < 4.78 is 5.49. The molecule has 0 saturated carbocycles. The van der Waals surface area contributed by atoms with Crippen LogP contribution in [0.15, 0.2) is 35.8 Å². The number of aromatic nitrogens is 1. The molecule has 2 fully saturated rings. The summed E-state index contributed by atoms with van der Waals surface area (Å²) in [4.78, 5) is 23.1. The Morgan fingerprint density at radius 1 is 1.10 bits per heavy atom. The van der Waals surface area contributed by atoms with Gasteiger partial charge in [-0.05, 0) is 42.0 Å². The lowest BCUT2D eigenvalue weighted by Crippen LogP contribution is -2.45.